The summed E-state index contributed by atoms with van der Waals surface area (Å²) in [5.74, 6) is 0.644. The van der Waals surface area contributed by atoms with Gasteiger partial charge in [-0.1, -0.05) is 13.8 Å². The molecule has 0 radical (unpaired) electrons. The molecule has 0 bridgehead atoms. The molecule has 0 atom stereocenters. The number of benzene rings is 1. The van der Waals surface area contributed by atoms with Gasteiger partial charge in [-0.3, -0.25) is 0 Å². The first-order valence-electron chi connectivity index (χ1n) is 8.07. The Morgan fingerprint density at radius 1 is 1.38 bits per heavy atom. The van der Waals surface area contributed by atoms with Crippen LogP contribution in [0.4, 0.5) is 0 Å². The highest BCUT2D eigenvalue weighted by Gasteiger charge is 2.19. The lowest BCUT2D eigenvalue weighted by atomic mass is 10.1. The van der Waals surface area contributed by atoms with Gasteiger partial charge in [0.25, 0.3) is 0 Å². The van der Waals surface area contributed by atoms with Gasteiger partial charge in [-0.2, -0.15) is 0 Å². The Hall–Kier alpha value is -2.81. The third-order valence-electron chi connectivity index (χ3n) is 3.65. The third-order valence-corrected chi connectivity index (χ3v) is 4.85. The van der Waals surface area contributed by atoms with Crippen LogP contribution < -0.4 is 4.74 Å². The number of aromatic nitrogens is 5. The Bertz CT molecular complexity index is 948. The fourth-order valence-corrected chi connectivity index (χ4v) is 3.30. The van der Waals surface area contributed by atoms with Crippen molar-refractivity contribution in [3.8, 4) is 27.7 Å². The molecule has 0 aliphatic heterocycles. The molecule has 26 heavy (non-hydrogen) atoms. The normalized spacial score (nSPS) is 11.1. The number of thiazole rings is 1. The second-order valence-corrected chi connectivity index (χ2v) is 7.28. The van der Waals surface area contributed by atoms with Gasteiger partial charge in [0.2, 0.25) is 0 Å². The molecule has 2 heterocycles. The number of aromatic carboxylic acids is 1. The zero-order valence-corrected chi connectivity index (χ0v) is 15.7. The minimum absolute atomic E-state index is 0.238. The smallest absolute Gasteiger partial charge is 0.347 e. The molecule has 136 valence electrons. The van der Waals surface area contributed by atoms with Gasteiger partial charge in [-0.25, -0.2) is 14.5 Å². The number of ether oxygens (including phenoxy) is 1. The predicted molar refractivity (Wildman–Crippen MR) is 97.4 cm³/mol. The van der Waals surface area contributed by atoms with Gasteiger partial charge in [0, 0.05) is 12.6 Å². The molecule has 2 aromatic heterocycles. The van der Waals surface area contributed by atoms with Gasteiger partial charge in [0.1, 0.15) is 15.6 Å². The maximum absolute atomic E-state index is 11.3. The highest BCUT2D eigenvalue weighted by atomic mass is 32.1. The highest BCUT2D eigenvalue weighted by molar-refractivity contribution is 7.17. The van der Waals surface area contributed by atoms with Crippen LogP contribution in [0, 0.1) is 12.8 Å². The lowest BCUT2D eigenvalue weighted by Gasteiger charge is -2.13. The summed E-state index contributed by atoms with van der Waals surface area (Å²) >= 11 is 1.15. The predicted octanol–water partition coefficient (Wildman–Crippen LogP) is 3.04. The summed E-state index contributed by atoms with van der Waals surface area (Å²) in [6.07, 6.45) is 0. The number of aryl methyl sites for hydroxylation is 2. The van der Waals surface area contributed by atoms with Crippen LogP contribution in [0.1, 0.15) is 29.2 Å². The minimum Gasteiger partial charge on any atom is -0.493 e. The summed E-state index contributed by atoms with van der Waals surface area (Å²) in [7, 11) is 1.75. The number of tetrazole rings is 1. The number of nitrogens with zero attached hydrogens (tertiary/aromatic N) is 5. The molecule has 0 aliphatic rings. The van der Waals surface area contributed by atoms with E-state index in [1.54, 1.807) is 18.7 Å². The fourth-order valence-electron chi connectivity index (χ4n) is 2.40. The van der Waals surface area contributed by atoms with Crippen molar-refractivity contribution in [3.63, 3.8) is 0 Å². The Kier molecular flexibility index (Phi) is 4.99. The second-order valence-electron chi connectivity index (χ2n) is 6.28. The zero-order chi connectivity index (χ0) is 18.8. The van der Waals surface area contributed by atoms with Crippen LogP contribution in [0.3, 0.4) is 0 Å². The van der Waals surface area contributed by atoms with E-state index in [-0.39, 0.29) is 4.88 Å². The van der Waals surface area contributed by atoms with Crippen LogP contribution in [0.2, 0.25) is 0 Å². The Labute approximate surface area is 154 Å². The van der Waals surface area contributed by atoms with Crippen molar-refractivity contribution in [2.24, 2.45) is 13.0 Å². The molecule has 0 saturated carbocycles. The van der Waals surface area contributed by atoms with E-state index < -0.39 is 5.97 Å². The molecule has 0 fully saturated rings. The van der Waals surface area contributed by atoms with Crippen molar-refractivity contribution in [1.82, 2.24) is 25.2 Å². The van der Waals surface area contributed by atoms with Crippen LogP contribution in [0.5, 0.6) is 5.75 Å². The van der Waals surface area contributed by atoms with E-state index in [4.69, 9.17) is 4.74 Å². The van der Waals surface area contributed by atoms with E-state index in [9.17, 15) is 9.90 Å². The van der Waals surface area contributed by atoms with Crippen molar-refractivity contribution >= 4 is 17.3 Å². The summed E-state index contributed by atoms with van der Waals surface area (Å²) in [5.41, 5.74) is 2.03. The maximum Gasteiger partial charge on any atom is 0.347 e. The third kappa shape index (κ3) is 3.57. The largest absolute Gasteiger partial charge is 0.493 e. The Morgan fingerprint density at radius 3 is 2.73 bits per heavy atom. The number of hydrogen-bond donors (Lipinski definition) is 1. The SMILES string of the molecule is Cc1nc(-c2ccc(OCC(C)C)c(-c3nnnn3C)c2)sc1C(=O)O. The molecule has 8 nitrogen and oxygen atoms in total. The topological polar surface area (TPSA) is 103 Å². The number of rotatable bonds is 6. The molecule has 1 aromatic carbocycles. The molecular weight excluding hydrogens is 354 g/mol. The van der Waals surface area contributed by atoms with Gasteiger partial charge >= 0.3 is 5.97 Å². The lowest BCUT2D eigenvalue weighted by Crippen LogP contribution is -2.06. The molecule has 1 N–H and O–H groups in total. The summed E-state index contributed by atoms with van der Waals surface area (Å²) in [5, 5.41) is 21.5. The van der Waals surface area contributed by atoms with E-state index in [0.29, 0.717) is 34.8 Å². The monoisotopic (exact) mass is 373 g/mol. The fraction of sp³-hybridized carbons (Fsp3) is 0.353. The van der Waals surface area contributed by atoms with E-state index in [0.717, 1.165) is 22.5 Å². The van der Waals surface area contributed by atoms with Gasteiger partial charge in [0.15, 0.2) is 5.82 Å². The number of carboxylic acid groups (broad SMARTS) is 1. The van der Waals surface area contributed by atoms with Crippen molar-refractivity contribution in [1.29, 1.82) is 0 Å². The standard InChI is InChI=1S/C17H19N5O3S/c1-9(2)8-25-13-6-5-11(7-12(13)15-19-20-21-22(15)4)16-18-10(3)14(26-16)17(23)24/h5-7,9H,8H2,1-4H3,(H,23,24). The van der Waals surface area contributed by atoms with E-state index in [2.05, 4.69) is 34.4 Å². The van der Waals surface area contributed by atoms with Crippen LogP contribution in [-0.2, 0) is 7.05 Å². The molecule has 9 heteroatoms. The molecule has 0 saturated heterocycles. The summed E-state index contributed by atoms with van der Waals surface area (Å²) in [6.45, 7) is 6.40. The summed E-state index contributed by atoms with van der Waals surface area (Å²) < 4.78 is 7.48. The second kappa shape index (κ2) is 7.20. The van der Waals surface area contributed by atoms with Crippen LogP contribution in [-0.4, -0.2) is 42.9 Å². The zero-order valence-electron chi connectivity index (χ0n) is 14.9. The van der Waals surface area contributed by atoms with E-state index >= 15 is 0 Å². The van der Waals surface area contributed by atoms with Crippen molar-refractivity contribution in [2.45, 2.75) is 20.8 Å². The molecule has 0 unspecified atom stereocenters. The first-order chi connectivity index (χ1) is 12.4. The van der Waals surface area contributed by atoms with Crippen molar-refractivity contribution in [2.75, 3.05) is 6.61 Å². The van der Waals surface area contributed by atoms with Crippen molar-refractivity contribution in [3.05, 3.63) is 28.8 Å². The molecule has 0 amide bonds. The first-order valence-corrected chi connectivity index (χ1v) is 8.89. The molecule has 0 aliphatic carbocycles. The van der Waals surface area contributed by atoms with Gasteiger partial charge in [-0.15, -0.1) is 16.4 Å². The molecular formula is C17H19N5O3S. The van der Waals surface area contributed by atoms with Crippen LogP contribution in [0.25, 0.3) is 22.0 Å². The van der Waals surface area contributed by atoms with Crippen LogP contribution >= 0.6 is 11.3 Å². The average Bonchev–Trinajstić information content (AvgIpc) is 3.18. The number of carboxylic acids is 1. The van der Waals surface area contributed by atoms with Gasteiger partial charge in [-0.05, 0) is 41.5 Å². The van der Waals surface area contributed by atoms with Crippen molar-refractivity contribution < 1.29 is 14.6 Å². The maximum atomic E-state index is 11.3. The van der Waals surface area contributed by atoms with E-state index in [1.165, 1.54) is 0 Å². The van der Waals surface area contributed by atoms with Gasteiger partial charge in [0.05, 0.1) is 17.9 Å². The Morgan fingerprint density at radius 2 is 2.15 bits per heavy atom. The molecule has 0 spiro atoms. The minimum atomic E-state index is -0.971. The Balaban J connectivity index is 2.07. The highest BCUT2D eigenvalue weighted by Crippen LogP contribution is 2.35. The summed E-state index contributed by atoms with van der Waals surface area (Å²) in [4.78, 5) is 15.9. The molecule has 3 rings (SSSR count). The van der Waals surface area contributed by atoms with E-state index in [1.807, 2.05) is 18.2 Å². The average molecular weight is 373 g/mol. The summed E-state index contributed by atoms with van der Waals surface area (Å²) in [6, 6.07) is 5.59. The number of carbonyl (C=O) groups is 1. The quantitative estimate of drug-likeness (QED) is 0.708. The van der Waals surface area contributed by atoms with Gasteiger partial charge < -0.3 is 9.84 Å². The lowest BCUT2D eigenvalue weighted by molar-refractivity contribution is 0.0701. The molecule has 3 aromatic rings. The van der Waals surface area contributed by atoms with Crippen LogP contribution in [0.15, 0.2) is 18.2 Å². The first kappa shape index (κ1) is 18.0. The number of hydrogen-bond acceptors (Lipinski definition) is 7.